The van der Waals surface area contributed by atoms with E-state index in [4.69, 9.17) is 5.26 Å². The number of hydrogen-bond donors (Lipinski definition) is 0. The summed E-state index contributed by atoms with van der Waals surface area (Å²) in [5, 5.41) is 8.96. The molecule has 0 spiro atoms. The normalized spacial score (nSPS) is 14.3. The summed E-state index contributed by atoms with van der Waals surface area (Å²) in [6, 6.07) is 10.4. The van der Waals surface area contributed by atoms with Crippen molar-refractivity contribution in [3.05, 3.63) is 58.6 Å². The Hall–Kier alpha value is -3.14. The maximum atomic E-state index is 12.4. The average Bonchev–Trinajstić information content (AvgIpc) is 2.64. The van der Waals surface area contributed by atoms with Crippen LogP contribution < -0.4 is 10.5 Å². The number of nitrogens with zero attached hydrogens (tertiary/aromatic N) is 5. The summed E-state index contributed by atoms with van der Waals surface area (Å²) in [5.41, 5.74) is 0.393. The highest BCUT2D eigenvalue weighted by molar-refractivity contribution is 5.76. The van der Waals surface area contributed by atoms with Gasteiger partial charge >= 0.3 is 0 Å². The highest BCUT2D eigenvalue weighted by Crippen LogP contribution is 2.15. The van der Waals surface area contributed by atoms with Crippen LogP contribution in [0.3, 0.4) is 0 Å². The van der Waals surface area contributed by atoms with Gasteiger partial charge in [-0.2, -0.15) is 5.26 Å². The van der Waals surface area contributed by atoms with Gasteiger partial charge in [-0.1, -0.05) is 6.07 Å². The van der Waals surface area contributed by atoms with Crippen molar-refractivity contribution in [2.45, 2.75) is 6.54 Å². The Labute approximate surface area is 139 Å². The molecule has 0 N–H and O–H groups in total. The molecule has 3 rings (SSSR count). The fourth-order valence-corrected chi connectivity index (χ4v) is 2.68. The van der Waals surface area contributed by atoms with Crippen molar-refractivity contribution in [3.8, 4) is 6.07 Å². The summed E-state index contributed by atoms with van der Waals surface area (Å²) in [5.74, 6) is 0.683. The summed E-state index contributed by atoms with van der Waals surface area (Å²) in [7, 11) is 0. The number of aromatic nitrogens is 2. The van der Waals surface area contributed by atoms with E-state index in [1.54, 1.807) is 41.6 Å². The lowest BCUT2D eigenvalue weighted by atomic mass is 10.2. The summed E-state index contributed by atoms with van der Waals surface area (Å²) >= 11 is 0. The maximum absolute atomic E-state index is 12.4. The van der Waals surface area contributed by atoms with Gasteiger partial charge in [0.05, 0.1) is 11.6 Å². The van der Waals surface area contributed by atoms with Crippen LogP contribution in [0, 0.1) is 11.3 Å². The molecule has 1 aliphatic rings. The number of rotatable bonds is 3. The van der Waals surface area contributed by atoms with Gasteiger partial charge in [-0.05, 0) is 18.2 Å². The van der Waals surface area contributed by atoms with Crippen molar-refractivity contribution in [2.75, 3.05) is 31.1 Å². The zero-order chi connectivity index (χ0) is 16.9. The van der Waals surface area contributed by atoms with Crippen LogP contribution in [0.15, 0.2) is 47.5 Å². The van der Waals surface area contributed by atoms with Gasteiger partial charge in [0.25, 0.3) is 5.56 Å². The standard InChI is InChI=1S/C17H17N5O2/c18-12-14-4-5-19-15(11-14)20-7-9-21(10-8-20)17(24)13-22-6-2-1-3-16(22)23/h1-6,11H,7-10,13H2. The second-order valence-corrected chi connectivity index (χ2v) is 5.55. The second kappa shape index (κ2) is 6.96. The second-order valence-electron chi connectivity index (χ2n) is 5.55. The van der Waals surface area contributed by atoms with Crippen LogP contribution in [0.25, 0.3) is 0 Å². The Morgan fingerprint density at radius 3 is 2.71 bits per heavy atom. The minimum Gasteiger partial charge on any atom is -0.353 e. The van der Waals surface area contributed by atoms with E-state index >= 15 is 0 Å². The van der Waals surface area contributed by atoms with Crippen LogP contribution in [0.2, 0.25) is 0 Å². The van der Waals surface area contributed by atoms with Gasteiger partial charge in [0.1, 0.15) is 12.4 Å². The first-order chi connectivity index (χ1) is 11.7. The molecule has 0 bridgehead atoms. The molecule has 24 heavy (non-hydrogen) atoms. The highest BCUT2D eigenvalue weighted by atomic mass is 16.2. The molecule has 2 aromatic heterocycles. The summed E-state index contributed by atoms with van der Waals surface area (Å²) in [6.45, 7) is 2.49. The number of carbonyl (C=O) groups excluding carboxylic acids is 1. The third kappa shape index (κ3) is 3.43. The SMILES string of the molecule is N#Cc1ccnc(N2CCN(C(=O)Cn3ccccc3=O)CC2)c1. The van der Waals surface area contributed by atoms with Gasteiger partial charge in [-0.3, -0.25) is 9.59 Å². The highest BCUT2D eigenvalue weighted by Gasteiger charge is 2.22. The third-order valence-electron chi connectivity index (χ3n) is 4.04. The molecule has 0 saturated carbocycles. The van der Waals surface area contributed by atoms with Crippen LogP contribution >= 0.6 is 0 Å². The predicted octanol–water partition coefficient (Wildman–Crippen LogP) is 0.464. The van der Waals surface area contributed by atoms with E-state index in [1.807, 2.05) is 0 Å². The first kappa shape index (κ1) is 15.7. The van der Waals surface area contributed by atoms with Gasteiger partial charge in [-0.25, -0.2) is 4.98 Å². The zero-order valence-electron chi connectivity index (χ0n) is 13.1. The molecule has 0 radical (unpaired) electrons. The molecule has 7 nitrogen and oxygen atoms in total. The molecule has 0 aromatic carbocycles. The lowest BCUT2D eigenvalue weighted by molar-refractivity contribution is -0.132. The summed E-state index contributed by atoms with van der Waals surface area (Å²) < 4.78 is 1.41. The molecule has 2 aromatic rings. The van der Waals surface area contributed by atoms with Crippen molar-refractivity contribution in [2.24, 2.45) is 0 Å². The van der Waals surface area contributed by atoms with Crippen molar-refractivity contribution < 1.29 is 4.79 Å². The monoisotopic (exact) mass is 323 g/mol. The Morgan fingerprint density at radius 1 is 1.21 bits per heavy atom. The minimum atomic E-state index is -0.179. The first-order valence-corrected chi connectivity index (χ1v) is 7.72. The number of amides is 1. The van der Waals surface area contributed by atoms with E-state index in [0.29, 0.717) is 31.7 Å². The molecule has 122 valence electrons. The molecule has 3 heterocycles. The summed E-state index contributed by atoms with van der Waals surface area (Å²) in [4.78, 5) is 32.1. The molecule has 0 atom stereocenters. The van der Waals surface area contributed by atoms with Crippen LogP contribution in [0.5, 0.6) is 0 Å². The topological polar surface area (TPSA) is 82.2 Å². The zero-order valence-corrected chi connectivity index (χ0v) is 13.1. The van der Waals surface area contributed by atoms with Crippen LogP contribution in [0.4, 0.5) is 5.82 Å². The van der Waals surface area contributed by atoms with E-state index < -0.39 is 0 Å². The average molecular weight is 323 g/mol. The third-order valence-corrected chi connectivity index (χ3v) is 4.04. The van der Waals surface area contributed by atoms with E-state index in [9.17, 15) is 9.59 Å². The minimum absolute atomic E-state index is 0.0574. The fourth-order valence-electron chi connectivity index (χ4n) is 2.68. The van der Waals surface area contributed by atoms with E-state index in [2.05, 4.69) is 16.0 Å². The smallest absolute Gasteiger partial charge is 0.250 e. The first-order valence-electron chi connectivity index (χ1n) is 7.72. The Kier molecular flexibility index (Phi) is 4.57. The fraction of sp³-hybridized carbons (Fsp3) is 0.294. The Morgan fingerprint density at radius 2 is 2.00 bits per heavy atom. The van der Waals surface area contributed by atoms with Crippen molar-refractivity contribution >= 4 is 11.7 Å². The van der Waals surface area contributed by atoms with Gasteiger partial charge in [0.15, 0.2) is 0 Å². The molecule has 0 aliphatic carbocycles. The Bertz CT molecular complexity index is 831. The quantitative estimate of drug-likeness (QED) is 0.820. The predicted molar refractivity (Wildman–Crippen MR) is 88.4 cm³/mol. The van der Waals surface area contributed by atoms with Gasteiger partial charge in [0.2, 0.25) is 5.91 Å². The number of hydrogen-bond acceptors (Lipinski definition) is 5. The van der Waals surface area contributed by atoms with E-state index in [1.165, 1.54) is 10.6 Å². The molecular weight excluding hydrogens is 306 g/mol. The molecule has 1 amide bonds. The van der Waals surface area contributed by atoms with Crippen LogP contribution in [0.1, 0.15) is 5.56 Å². The van der Waals surface area contributed by atoms with Gasteiger partial charge in [-0.15, -0.1) is 0 Å². The molecule has 0 unspecified atom stereocenters. The molecule has 1 fully saturated rings. The number of anilines is 1. The van der Waals surface area contributed by atoms with Crippen molar-refractivity contribution in [3.63, 3.8) is 0 Å². The number of pyridine rings is 2. The number of nitriles is 1. The van der Waals surface area contributed by atoms with Crippen molar-refractivity contribution in [1.29, 1.82) is 5.26 Å². The Balaban J connectivity index is 1.60. The molecule has 1 saturated heterocycles. The lowest BCUT2D eigenvalue weighted by Gasteiger charge is -2.35. The van der Waals surface area contributed by atoms with Crippen LogP contribution in [-0.2, 0) is 11.3 Å². The van der Waals surface area contributed by atoms with Crippen molar-refractivity contribution in [1.82, 2.24) is 14.5 Å². The van der Waals surface area contributed by atoms with E-state index in [0.717, 1.165) is 5.82 Å². The molecular formula is C17H17N5O2. The van der Waals surface area contributed by atoms with Gasteiger partial charge < -0.3 is 14.4 Å². The largest absolute Gasteiger partial charge is 0.353 e. The van der Waals surface area contributed by atoms with Gasteiger partial charge in [0, 0.05) is 44.6 Å². The van der Waals surface area contributed by atoms with E-state index in [-0.39, 0.29) is 18.0 Å². The number of carbonyl (C=O) groups is 1. The maximum Gasteiger partial charge on any atom is 0.250 e. The summed E-state index contributed by atoms with van der Waals surface area (Å²) in [6.07, 6.45) is 3.24. The van der Waals surface area contributed by atoms with Crippen LogP contribution in [-0.4, -0.2) is 46.5 Å². The number of piperazine rings is 1. The molecule has 7 heteroatoms. The molecule has 1 aliphatic heterocycles. The lowest BCUT2D eigenvalue weighted by Crippen LogP contribution is -2.50.